The molecule has 152 valence electrons. The van der Waals surface area contributed by atoms with E-state index in [4.69, 9.17) is 9.47 Å². The van der Waals surface area contributed by atoms with Gasteiger partial charge in [-0.15, -0.1) is 0 Å². The van der Waals surface area contributed by atoms with Crippen LogP contribution in [0, 0.1) is 10.8 Å². The Hall–Kier alpha value is -1.74. The number of rotatable bonds is 3. The summed E-state index contributed by atoms with van der Waals surface area (Å²) >= 11 is 0. The molecule has 0 radical (unpaired) electrons. The lowest BCUT2D eigenvalue weighted by molar-refractivity contribution is -0.162. The summed E-state index contributed by atoms with van der Waals surface area (Å²) in [4.78, 5) is 38.7. The molecule has 0 bridgehead atoms. The van der Waals surface area contributed by atoms with E-state index in [1.807, 2.05) is 0 Å². The third kappa shape index (κ3) is 3.31. The second-order valence-corrected chi connectivity index (χ2v) is 11.0. The lowest BCUT2D eigenvalue weighted by Gasteiger charge is -2.51. The van der Waals surface area contributed by atoms with Gasteiger partial charge < -0.3 is 9.47 Å². The highest BCUT2D eigenvalue weighted by atomic mass is 32.2. The molecule has 2 rings (SSSR count). The van der Waals surface area contributed by atoms with Crippen LogP contribution in [0.25, 0.3) is 0 Å². The molecule has 0 aromatic heterocycles. The number of fused-ring (bicyclic) bond motifs is 1. The van der Waals surface area contributed by atoms with E-state index in [1.165, 1.54) is 14.0 Å². The normalized spacial score (nSPS) is 27.8. The van der Waals surface area contributed by atoms with Gasteiger partial charge in [-0.3, -0.25) is 19.3 Å². The van der Waals surface area contributed by atoms with Gasteiger partial charge >= 0.3 is 5.97 Å². The number of amides is 1. The molecular formula is C18H27NO7S. The summed E-state index contributed by atoms with van der Waals surface area (Å²) in [6.07, 6.45) is -1.23. The first kappa shape index (κ1) is 21.6. The van der Waals surface area contributed by atoms with Crippen molar-refractivity contribution in [3.8, 4) is 0 Å². The largest absolute Gasteiger partial charge is 0.441 e. The quantitative estimate of drug-likeness (QED) is 0.520. The fourth-order valence-electron chi connectivity index (χ4n) is 2.96. The van der Waals surface area contributed by atoms with Gasteiger partial charge in [0.2, 0.25) is 15.3 Å². The summed E-state index contributed by atoms with van der Waals surface area (Å²) in [5, 5.41) is -1.39. The van der Waals surface area contributed by atoms with Crippen molar-refractivity contribution in [2.45, 2.75) is 65.4 Å². The highest BCUT2D eigenvalue weighted by Crippen LogP contribution is 2.43. The second kappa shape index (κ2) is 6.41. The van der Waals surface area contributed by atoms with Gasteiger partial charge in [0.1, 0.15) is 0 Å². The first-order chi connectivity index (χ1) is 12.1. The zero-order chi connectivity index (χ0) is 21.1. The molecule has 0 N–H and O–H groups in total. The molecule has 1 fully saturated rings. The number of ether oxygens (including phenoxy) is 2. The maximum atomic E-state index is 13.1. The number of Topliss-reactive ketones (excluding diaryl/α,β-unsaturated/α-hetero) is 1. The average molecular weight is 401 g/mol. The Morgan fingerprint density at radius 2 is 1.56 bits per heavy atom. The molecule has 1 saturated heterocycles. The number of hydrogen-bond acceptors (Lipinski definition) is 7. The van der Waals surface area contributed by atoms with E-state index in [0.29, 0.717) is 0 Å². The fraction of sp³-hybridized carbons (Fsp3) is 0.722. The Morgan fingerprint density at radius 1 is 1.04 bits per heavy atom. The molecule has 0 spiro atoms. The molecule has 2 heterocycles. The van der Waals surface area contributed by atoms with E-state index in [9.17, 15) is 22.8 Å². The summed E-state index contributed by atoms with van der Waals surface area (Å²) in [5.41, 5.74) is -3.44. The predicted octanol–water partition coefficient (Wildman–Crippen LogP) is 1.40. The number of β-lactam (4-membered cyclic amide) rings is 1. The molecule has 1 amide bonds. The summed E-state index contributed by atoms with van der Waals surface area (Å²) in [6, 6.07) is 0. The standard InChI is InChI=1S/C18H27NO7S/c1-9-10(12(20)17(2,3)4)19-13(21)11(25-8)14(19)27(23,24)15(9)26-16(22)18(5,6)7/h11,14-15H,1-8H3/t11-,14-,15?/m0/s1. The Balaban J connectivity index is 2.66. The van der Waals surface area contributed by atoms with E-state index >= 15 is 0 Å². The molecule has 27 heavy (non-hydrogen) atoms. The van der Waals surface area contributed by atoms with Crippen LogP contribution in [-0.4, -0.2) is 55.0 Å². The molecular weight excluding hydrogens is 374 g/mol. The van der Waals surface area contributed by atoms with Gasteiger partial charge in [-0.05, 0) is 27.7 Å². The van der Waals surface area contributed by atoms with Gasteiger partial charge in [0.05, 0.1) is 11.1 Å². The lowest BCUT2D eigenvalue weighted by Crippen LogP contribution is -2.72. The van der Waals surface area contributed by atoms with Gasteiger partial charge in [0.15, 0.2) is 17.3 Å². The molecule has 0 saturated carbocycles. The van der Waals surface area contributed by atoms with Crippen LogP contribution in [0.2, 0.25) is 0 Å². The van der Waals surface area contributed by atoms with Crippen molar-refractivity contribution in [2.75, 3.05) is 7.11 Å². The number of carbonyl (C=O) groups excluding carboxylic acids is 3. The number of allylic oxidation sites excluding steroid dienone is 1. The Kier molecular flexibility index (Phi) is 5.12. The van der Waals surface area contributed by atoms with Gasteiger partial charge in [0, 0.05) is 18.1 Å². The summed E-state index contributed by atoms with van der Waals surface area (Å²) < 4.78 is 36.5. The number of carbonyl (C=O) groups is 3. The second-order valence-electron chi connectivity index (χ2n) is 8.94. The summed E-state index contributed by atoms with van der Waals surface area (Å²) in [6.45, 7) is 11.2. The van der Waals surface area contributed by atoms with Crippen molar-refractivity contribution in [3.05, 3.63) is 11.3 Å². The predicted molar refractivity (Wildman–Crippen MR) is 96.8 cm³/mol. The van der Waals surface area contributed by atoms with Crippen molar-refractivity contribution in [3.63, 3.8) is 0 Å². The number of sulfone groups is 1. The summed E-state index contributed by atoms with van der Waals surface area (Å²) in [7, 11) is -2.92. The zero-order valence-corrected chi connectivity index (χ0v) is 17.8. The average Bonchev–Trinajstić information content (AvgIpc) is 2.50. The molecule has 0 aromatic carbocycles. The molecule has 0 aliphatic carbocycles. The van der Waals surface area contributed by atoms with Crippen LogP contribution in [0.5, 0.6) is 0 Å². The van der Waals surface area contributed by atoms with Crippen LogP contribution < -0.4 is 0 Å². The fourth-order valence-corrected chi connectivity index (χ4v) is 5.11. The van der Waals surface area contributed by atoms with Gasteiger partial charge in [-0.1, -0.05) is 20.8 Å². The van der Waals surface area contributed by atoms with Crippen molar-refractivity contribution in [1.82, 2.24) is 4.90 Å². The van der Waals surface area contributed by atoms with E-state index < -0.39 is 55.2 Å². The molecule has 2 aliphatic heterocycles. The Labute approximate surface area is 159 Å². The Bertz CT molecular complexity index is 827. The van der Waals surface area contributed by atoms with Gasteiger partial charge in [-0.25, -0.2) is 8.42 Å². The van der Waals surface area contributed by atoms with Crippen LogP contribution in [0.1, 0.15) is 48.5 Å². The number of esters is 1. The first-order valence-corrected chi connectivity index (χ1v) is 10.2. The highest BCUT2D eigenvalue weighted by Gasteiger charge is 2.64. The van der Waals surface area contributed by atoms with Crippen molar-refractivity contribution >= 4 is 27.5 Å². The molecule has 9 heteroatoms. The molecule has 8 nitrogen and oxygen atoms in total. The van der Waals surface area contributed by atoms with Crippen molar-refractivity contribution in [1.29, 1.82) is 0 Å². The molecule has 0 aromatic rings. The van der Waals surface area contributed by atoms with Gasteiger partial charge in [-0.2, -0.15) is 0 Å². The summed E-state index contributed by atoms with van der Waals surface area (Å²) in [5.74, 6) is -1.72. The number of methoxy groups -OCH3 is 1. The smallest absolute Gasteiger partial charge is 0.312 e. The minimum absolute atomic E-state index is 0.0340. The minimum atomic E-state index is -4.15. The van der Waals surface area contributed by atoms with E-state index in [1.54, 1.807) is 41.5 Å². The highest BCUT2D eigenvalue weighted by molar-refractivity contribution is 7.93. The van der Waals surface area contributed by atoms with Gasteiger partial charge in [0.25, 0.3) is 5.91 Å². The lowest BCUT2D eigenvalue weighted by atomic mass is 9.85. The van der Waals surface area contributed by atoms with E-state index in [-0.39, 0.29) is 11.3 Å². The SMILES string of the molecule is CO[C@H]1C(=O)N2C(C(=O)C(C)(C)C)=C(C)C(OC(=O)C(C)(C)C)S(=O)(=O)[C@@H]12. The third-order valence-corrected chi connectivity index (χ3v) is 6.75. The van der Waals surface area contributed by atoms with Crippen LogP contribution in [0.15, 0.2) is 11.3 Å². The molecule has 1 unspecified atom stereocenters. The zero-order valence-electron chi connectivity index (χ0n) is 16.9. The first-order valence-electron chi connectivity index (χ1n) is 8.62. The van der Waals surface area contributed by atoms with Crippen LogP contribution in [0.3, 0.4) is 0 Å². The maximum Gasteiger partial charge on any atom is 0.312 e. The van der Waals surface area contributed by atoms with Crippen LogP contribution in [-0.2, 0) is 33.7 Å². The molecule has 2 aliphatic rings. The van der Waals surface area contributed by atoms with Crippen LogP contribution >= 0.6 is 0 Å². The number of nitrogens with zero attached hydrogens (tertiary/aromatic N) is 1. The number of ketones is 1. The van der Waals surface area contributed by atoms with Crippen LogP contribution in [0.4, 0.5) is 0 Å². The maximum absolute atomic E-state index is 13.1. The topological polar surface area (TPSA) is 107 Å². The van der Waals surface area contributed by atoms with E-state index in [2.05, 4.69) is 0 Å². The van der Waals surface area contributed by atoms with Crippen molar-refractivity contribution < 1.29 is 32.3 Å². The number of hydrogen-bond donors (Lipinski definition) is 0. The third-order valence-electron chi connectivity index (χ3n) is 4.57. The Morgan fingerprint density at radius 3 is 1.96 bits per heavy atom. The monoisotopic (exact) mass is 401 g/mol. The van der Waals surface area contributed by atoms with E-state index in [0.717, 1.165) is 4.90 Å². The van der Waals surface area contributed by atoms with Crippen molar-refractivity contribution in [2.24, 2.45) is 10.8 Å². The minimum Gasteiger partial charge on any atom is -0.441 e. The molecule has 3 atom stereocenters.